The van der Waals surface area contributed by atoms with E-state index < -0.39 is 12.0 Å². The number of carbonyl (C=O) groups is 2. The Balaban J connectivity index is 1.50. The number of likely N-dealkylation sites (N-methyl/N-ethyl adjacent to an activating group) is 1. The van der Waals surface area contributed by atoms with Crippen LogP contribution in [-0.2, 0) is 28.9 Å². The average Bonchev–Trinajstić information content (AvgIpc) is 3.56. The van der Waals surface area contributed by atoms with E-state index in [-0.39, 0.29) is 11.8 Å². The number of amides is 2. The van der Waals surface area contributed by atoms with Gasteiger partial charge < -0.3 is 10.3 Å². The molecule has 0 aliphatic rings. The Bertz CT molecular complexity index is 1570. The minimum atomic E-state index is -0.740. The fourth-order valence-electron chi connectivity index (χ4n) is 6.08. The van der Waals surface area contributed by atoms with Crippen LogP contribution in [0.2, 0.25) is 0 Å². The first-order chi connectivity index (χ1) is 21.0. The molecular formula is C36H41N5O2. The first-order valence-electron chi connectivity index (χ1n) is 15.3. The van der Waals surface area contributed by atoms with Gasteiger partial charge in [-0.05, 0) is 52.4 Å². The summed E-state index contributed by atoms with van der Waals surface area (Å²) in [5.74, 6) is -0.644. The predicted octanol–water partition coefficient (Wildman–Crippen LogP) is 5.95. The van der Waals surface area contributed by atoms with Crippen LogP contribution < -0.4 is 5.32 Å². The van der Waals surface area contributed by atoms with Crippen LogP contribution in [0.15, 0.2) is 97.5 Å². The Kier molecular flexibility index (Phi) is 9.84. The maximum absolute atomic E-state index is 14.4. The topological polar surface area (TPSA) is 81.3 Å². The van der Waals surface area contributed by atoms with E-state index in [1.165, 1.54) is 0 Å². The molecule has 0 saturated carbocycles. The number of aromatic nitrogens is 2. The zero-order chi connectivity index (χ0) is 30.2. The van der Waals surface area contributed by atoms with E-state index >= 15 is 0 Å². The van der Waals surface area contributed by atoms with Gasteiger partial charge in [-0.25, -0.2) is 9.99 Å². The number of fused-ring (bicyclic) bond motifs is 2. The number of carbonyl (C=O) groups excluding carboxylic acids is 2. The second-order valence-electron chi connectivity index (χ2n) is 10.9. The summed E-state index contributed by atoms with van der Waals surface area (Å²) < 4.78 is 0. The number of rotatable bonds is 13. The minimum Gasteiger partial charge on any atom is -0.348 e. The Morgan fingerprint density at radius 3 is 1.81 bits per heavy atom. The van der Waals surface area contributed by atoms with Gasteiger partial charge in [0.2, 0.25) is 5.91 Å². The monoisotopic (exact) mass is 575 g/mol. The van der Waals surface area contributed by atoms with Crippen LogP contribution in [0.3, 0.4) is 0 Å². The molecule has 2 amide bonds. The van der Waals surface area contributed by atoms with E-state index in [2.05, 4.69) is 75.9 Å². The van der Waals surface area contributed by atoms with Crippen LogP contribution in [0.1, 0.15) is 37.6 Å². The molecule has 0 bridgehead atoms. The van der Waals surface area contributed by atoms with Crippen LogP contribution in [-0.4, -0.2) is 57.5 Å². The summed E-state index contributed by atoms with van der Waals surface area (Å²) in [5.41, 5.74) is 3.04. The number of aromatic amines is 1. The molecule has 0 aliphatic heterocycles. The summed E-state index contributed by atoms with van der Waals surface area (Å²) in [7, 11) is 0. The first kappa shape index (κ1) is 30.0. The second-order valence-corrected chi connectivity index (χ2v) is 10.9. The molecule has 5 rings (SSSR count). The van der Waals surface area contributed by atoms with E-state index in [1.54, 1.807) is 17.5 Å². The van der Waals surface area contributed by atoms with Crippen molar-refractivity contribution in [2.45, 2.75) is 46.1 Å². The molecule has 43 heavy (non-hydrogen) atoms. The van der Waals surface area contributed by atoms with E-state index in [1.807, 2.05) is 50.0 Å². The average molecular weight is 576 g/mol. The maximum atomic E-state index is 14.4. The summed E-state index contributed by atoms with van der Waals surface area (Å²) in [6, 6.07) is 28.4. The van der Waals surface area contributed by atoms with Crippen molar-refractivity contribution in [3.05, 3.63) is 114 Å². The van der Waals surface area contributed by atoms with E-state index in [4.69, 9.17) is 0 Å². The molecule has 5 aromatic rings. The van der Waals surface area contributed by atoms with E-state index in [9.17, 15) is 9.59 Å². The Morgan fingerprint density at radius 1 is 0.744 bits per heavy atom. The van der Waals surface area contributed by atoms with Gasteiger partial charge in [-0.15, -0.1) is 0 Å². The third-order valence-electron chi connectivity index (χ3n) is 8.28. The van der Waals surface area contributed by atoms with Crippen molar-refractivity contribution in [2.75, 3.05) is 19.6 Å². The lowest BCUT2D eigenvalue weighted by atomic mass is 9.87. The molecule has 4 aromatic carbocycles. The summed E-state index contributed by atoms with van der Waals surface area (Å²) >= 11 is 0. The van der Waals surface area contributed by atoms with E-state index in [0.29, 0.717) is 38.9 Å². The van der Waals surface area contributed by atoms with Crippen molar-refractivity contribution in [1.82, 2.24) is 25.3 Å². The van der Waals surface area contributed by atoms with Gasteiger partial charge in [0.25, 0.3) is 5.91 Å². The molecule has 1 aromatic heterocycles. The minimum absolute atomic E-state index is 0.122. The number of benzene rings is 4. The van der Waals surface area contributed by atoms with Gasteiger partial charge in [-0.3, -0.25) is 14.6 Å². The highest BCUT2D eigenvalue weighted by atomic mass is 16.2. The fraction of sp³-hybridized carbons (Fsp3) is 0.306. The third-order valence-corrected chi connectivity index (χ3v) is 8.28. The number of hydrazine groups is 1. The standard InChI is InChI=1S/C36H41N5O2/c1-4-40(5-2)41(6-3)36(43)34(23-31-24-37-25-38-31)39-35(42)30(21-28-17-11-15-26-13-7-9-19-32(26)28)22-29-18-12-16-27-14-8-10-20-33(27)29/h7-20,24-25,30,34H,4-6,21-23H2,1-3H3,(H,37,38)(H,39,42). The lowest BCUT2D eigenvalue weighted by molar-refractivity contribution is -0.152. The normalized spacial score (nSPS) is 12.2. The van der Waals surface area contributed by atoms with Gasteiger partial charge in [0, 0.05) is 43.9 Å². The molecule has 2 N–H and O–H groups in total. The molecule has 0 aliphatic carbocycles. The summed E-state index contributed by atoms with van der Waals surface area (Å²) in [6.45, 7) is 7.95. The number of hydrogen-bond acceptors (Lipinski definition) is 4. The molecule has 0 radical (unpaired) electrons. The van der Waals surface area contributed by atoms with Crippen molar-refractivity contribution >= 4 is 33.4 Å². The SMILES string of the molecule is CCN(CC)N(CC)C(=O)C(Cc1cnc[nH]1)NC(=O)C(Cc1cccc2ccccc12)Cc1cccc2ccccc12. The number of nitrogens with zero attached hydrogens (tertiary/aromatic N) is 3. The van der Waals surface area contributed by atoms with Crippen molar-refractivity contribution in [3.8, 4) is 0 Å². The Labute approximate surface area is 253 Å². The number of nitrogens with one attached hydrogen (secondary N) is 2. The lowest BCUT2D eigenvalue weighted by Gasteiger charge is -2.35. The Morgan fingerprint density at radius 2 is 1.30 bits per heavy atom. The predicted molar refractivity (Wildman–Crippen MR) is 173 cm³/mol. The Hall–Kier alpha value is -4.49. The maximum Gasteiger partial charge on any atom is 0.259 e. The van der Waals surface area contributed by atoms with Gasteiger partial charge in [-0.1, -0.05) is 98.8 Å². The fourth-order valence-corrected chi connectivity index (χ4v) is 6.08. The summed E-state index contributed by atoms with van der Waals surface area (Å²) in [4.78, 5) is 35.6. The van der Waals surface area contributed by atoms with Crippen molar-refractivity contribution in [2.24, 2.45) is 5.92 Å². The number of hydrogen-bond donors (Lipinski definition) is 2. The summed E-state index contributed by atoms with van der Waals surface area (Å²) in [5, 5.41) is 11.6. The largest absolute Gasteiger partial charge is 0.348 e. The van der Waals surface area contributed by atoms with Crippen molar-refractivity contribution < 1.29 is 9.59 Å². The van der Waals surface area contributed by atoms with Crippen LogP contribution in [0.4, 0.5) is 0 Å². The molecule has 1 unspecified atom stereocenters. The van der Waals surface area contributed by atoms with Gasteiger partial charge in [0.1, 0.15) is 6.04 Å². The van der Waals surface area contributed by atoms with E-state index in [0.717, 1.165) is 38.4 Å². The van der Waals surface area contributed by atoms with Gasteiger partial charge in [0.05, 0.1) is 6.33 Å². The van der Waals surface area contributed by atoms with Crippen LogP contribution in [0.5, 0.6) is 0 Å². The zero-order valence-electron chi connectivity index (χ0n) is 25.3. The highest BCUT2D eigenvalue weighted by Crippen LogP contribution is 2.26. The van der Waals surface area contributed by atoms with Gasteiger partial charge in [-0.2, -0.15) is 0 Å². The molecule has 1 atom stereocenters. The molecular weight excluding hydrogens is 534 g/mol. The molecule has 0 spiro atoms. The highest BCUT2D eigenvalue weighted by molar-refractivity contribution is 5.91. The third kappa shape index (κ3) is 6.95. The zero-order valence-corrected chi connectivity index (χ0v) is 25.3. The summed E-state index contributed by atoms with van der Waals surface area (Å²) in [6.07, 6.45) is 4.75. The van der Waals surface area contributed by atoms with Crippen LogP contribution in [0.25, 0.3) is 21.5 Å². The molecule has 7 heteroatoms. The number of imidazole rings is 1. The molecule has 0 fully saturated rings. The highest BCUT2D eigenvalue weighted by Gasteiger charge is 2.31. The molecule has 7 nitrogen and oxygen atoms in total. The smallest absolute Gasteiger partial charge is 0.259 e. The van der Waals surface area contributed by atoms with Gasteiger partial charge >= 0.3 is 0 Å². The second kappa shape index (κ2) is 14.1. The van der Waals surface area contributed by atoms with Crippen LogP contribution >= 0.6 is 0 Å². The quantitative estimate of drug-likeness (QED) is 0.170. The van der Waals surface area contributed by atoms with Crippen LogP contribution in [0, 0.1) is 5.92 Å². The van der Waals surface area contributed by atoms with Crippen molar-refractivity contribution in [1.29, 1.82) is 0 Å². The van der Waals surface area contributed by atoms with Crippen molar-refractivity contribution in [3.63, 3.8) is 0 Å². The number of H-pyrrole nitrogens is 1. The molecule has 0 saturated heterocycles. The lowest BCUT2D eigenvalue weighted by Crippen LogP contribution is -2.56. The molecule has 1 heterocycles. The molecule has 222 valence electrons. The first-order valence-corrected chi connectivity index (χ1v) is 15.3. The van der Waals surface area contributed by atoms with Gasteiger partial charge in [0.15, 0.2) is 0 Å².